The second-order valence-electron chi connectivity index (χ2n) is 3.33. The first kappa shape index (κ1) is 9.99. The predicted octanol–water partition coefficient (Wildman–Crippen LogP) is 2.69. The van der Waals surface area contributed by atoms with Crippen LogP contribution in [0.25, 0.3) is 0 Å². The fraction of sp³-hybridized carbons (Fsp3) is 0.100. The van der Waals surface area contributed by atoms with Gasteiger partial charge in [-0.1, -0.05) is 11.6 Å². The lowest BCUT2D eigenvalue weighted by atomic mass is 10.1. The van der Waals surface area contributed by atoms with E-state index in [4.69, 9.17) is 16.3 Å². The lowest BCUT2D eigenvalue weighted by molar-refractivity contribution is 0.480. The molecule has 0 fully saturated rings. The van der Waals surface area contributed by atoms with Crippen LogP contribution < -0.4 is 15.4 Å². The summed E-state index contributed by atoms with van der Waals surface area (Å²) >= 11 is 9.61. The molecule has 2 heterocycles. The van der Waals surface area contributed by atoms with Gasteiger partial charge in [0.1, 0.15) is 24.5 Å². The van der Waals surface area contributed by atoms with E-state index in [1.54, 1.807) is 12.5 Å². The highest BCUT2D eigenvalue weighted by Crippen LogP contribution is 2.41. The van der Waals surface area contributed by atoms with Crippen LogP contribution in [0, 0.1) is 0 Å². The first-order valence-corrected chi connectivity index (χ1v) is 5.83. The molecule has 0 unspecified atom stereocenters. The number of benzene rings is 1. The molecule has 6 heteroatoms. The van der Waals surface area contributed by atoms with Crippen LogP contribution in [0.3, 0.4) is 0 Å². The molecule has 16 heavy (non-hydrogen) atoms. The van der Waals surface area contributed by atoms with E-state index in [1.165, 1.54) is 0 Å². The Balaban J connectivity index is 2.32. The van der Waals surface area contributed by atoms with E-state index in [1.807, 2.05) is 6.07 Å². The highest BCUT2D eigenvalue weighted by atomic mass is 79.9. The molecule has 1 aromatic carbocycles. The molecule has 1 aromatic rings. The lowest BCUT2D eigenvalue weighted by Gasteiger charge is -2.21. The Morgan fingerprint density at radius 1 is 1.50 bits per heavy atom. The molecule has 2 aliphatic heterocycles. The molecule has 0 atom stereocenters. The van der Waals surface area contributed by atoms with Crippen LogP contribution in [0.4, 0.5) is 5.69 Å². The summed E-state index contributed by atoms with van der Waals surface area (Å²) in [5.41, 5.74) is 1.71. The van der Waals surface area contributed by atoms with Crippen LogP contribution in [-0.2, 0) is 0 Å². The summed E-state index contributed by atoms with van der Waals surface area (Å²) in [5, 5.41) is 6.84. The van der Waals surface area contributed by atoms with Crippen molar-refractivity contribution in [2.75, 3.05) is 12.0 Å². The fourth-order valence-corrected chi connectivity index (χ4v) is 2.33. The van der Waals surface area contributed by atoms with Crippen molar-refractivity contribution in [1.29, 1.82) is 0 Å². The average Bonchev–Trinajstić information content (AvgIpc) is 2.49. The van der Waals surface area contributed by atoms with Gasteiger partial charge in [-0.15, -0.1) is 0 Å². The maximum atomic E-state index is 6.21. The SMILES string of the molecule is Clc1c(Br)cc2c3c1NCN=C3NC=CO2. The maximum absolute atomic E-state index is 6.21. The number of rotatable bonds is 0. The zero-order valence-electron chi connectivity index (χ0n) is 8.05. The van der Waals surface area contributed by atoms with Gasteiger partial charge in [-0.25, -0.2) is 4.99 Å². The van der Waals surface area contributed by atoms with Crippen LogP contribution >= 0.6 is 27.5 Å². The Morgan fingerprint density at radius 2 is 2.38 bits per heavy atom. The second-order valence-corrected chi connectivity index (χ2v) is 4.56. The average molecular weight is 301 g/mol. The second kappa shape index (κ2) is 3.68. The van der Waals surface area contributed by atoms with Crippen LogP contribution in [0.1, 0.15) is 5.56 Å². The van der Waals surface area contributed by atoms with Crippen LogP contribution in [0.5, 0.6) is 5.75 Å². The summed E-state index contributed by atoms with van der Waals surface area (Å²) in [4.78, 5) is 4.32. The number of hydrogen-bond donors (Lipinski definition) is 2. The van der Waals surface area contributed by atoms with Crippen molar-refractivity contribution in [3.05, 3.63) is 33.6 Å². The topological polar surface area (TPSA) is 45.7 Å². The standard InChI is InChI=1S/C10H7BrClN3O/c11-5-3-6-7-9(8(5)12)14-4-15-10(7)13-1-2-16-6/h1-3,14H,4H2,(H,13,15). The van der Waals surface area contributed by atoms with Crippen molar-refractivity contribution in [1.82, 2.24) is 5.32 Å². The highest BCUT2D eigenvalue weighted by Gasteiger charge is 2.24. The Morgan fingerprint density at radius 3 is 3.25 bits per heavy atom. The van der Waals surface area contributed by atoms with Gasteiger partial charge < -0.3 is 15.4 Å². The van der Waals surface area contributed by atoms with Gasteiger partial charge in [-0.05, 0) is 22.0 Å². The van der Waals surface area contributed by atoms with Gasteiger partial charge in [-0.3, -0.25) is 0 Å². The van der Waals surface area contributed by atoms with Crippen molar-refractivity contribution in [2.24, 2.45) is 4.99 Å². The molecule has 2 N–H and O–H groups in total. The molecule has 4 nitrogen and oxygen atoms in total. The molecule has 3 rings (SSSR count). The number of halogens is 2. The van der Waals surface area contributed by atoms with Gasteiger partial charge in [0.2, 0.25) is 0 Å². The van der Waals surface area contributed by atoms with E-state index in [0.29, 0.717) is 11.7 Å². The molecule has 0 spiro atoms. The van der Waals surface area contributed by atoms with E-state index in [9.17, 15) is 0 Å². The maximum Gasteiger partial charge on any atom is 0.140 e. The third-order valence-corrected chi connectivity index (χ3v) is 3.64. The molecule has 0 amide bonds. The minimum absolute atomic E-state index is 0.499. The van der Waals surface area contributed by atoms with Crippen LogP contribution in [0.2, 0.25) is 5.02 Å². The number of aliphatic imine (C=N–C) groups is 1. The van der Waals surface area contributed by atoms with Crippen molar-refractivity contribution in [2.45, 2.75) is 0 Å². The monoisotopic (exact) mass is 299 g/mol. The number of anilines is 1. The largest absolute Gasteiger partial charge is 0.463 e. The predicted molar refractivity (Wildman–Crippen MR) is 67.1 cm³/mol. The van der Waals surface area contributed by atoms with Crippen molar-refractivity contribution in [3.8, 4) is 5.75 Å². The van der Waals surface area contributed by atoms with E-state index in [2.05, 4.69) is 31.6 Å². The van der Waals surface area contributed by atoms with E-state index in [0.717, 1.165) is 27.3 Å². The third-order valence-electron chi connectivity index (χ3n) is 2.40. The molecule has 0 radical (unpaired) electrons. The zero-order valence-corrected chi connectivity index (χ0v) is 10.4. The van der Waals surface area contributed by atoms with Crippen molar-refractivity contribution in [3.63, 3.8) is 0 Å². The minimum Gasteiger partial charge on any atom is -0.463 e. The first-order valence-electron chi connectivity index (χ1n) is 4.66. The molecule has 0 saturated heterocycles. The number of amidine groups is 1. The summed E-state index contributed by atoms with van der Waals surface area (Å²) in [6.07, 6.45) is 3.28. The normalized spacial score (nSPS) is 16.2. The quantitative estimate of drug-likeness (QED) is 0.774. The summed E-state index contributed by atoms with van der Waals surface area (Å²) in [6.45, 7) is 0.499. The zero-order chi connectivity index (χ0) is 11.1. The molecule has 82 valence electrons. The summed E-state index contributed by atoms with van der Waals surface area (Å²) in [5.74, 6) is 1.49. The molecular weight excluding hydrogens is 293 g/mol. The van der Waals surface area contributed by atoms with Gasteiger partial charge in [0.25, 0.3) is 0 Å². The number of nitrogens with zero attached hydrogens (tertiary/aromatic N) is 1. The van der Waals surface area contributed by atoms with E-state index >= 15 is 0 Å². The van der Waals surface area contributed by atoms with Crippen LogP contribution in [-0.4, -0.2) is 12.5 Å². The van der Waals surface area contributed by atoms with Crippen molar-refractivity contribution >= 4 is 39.1 Å². The first-order chi connectivity index (χ1) is 7.77. The third kappa shape index (κ3) is 1.39. The van der Waals surface area contributed by atoms with Gasteiger partial charge >= 0.3 is 0 Å². The summed E-state index contributed by atoms with van der Waals surface area (Å²) in [6, 6.07) is 1.83. The molecule has 0 saturated carbocycles. The Labute approximate surface area is 105 Å². The Kier molecular flexibility index (Phi) is 2.29. The van der Waals surface area contributed by atoms with E-state index < -0.39 is 0 Å². The van der Waals surface area contributed by atoms with Crippen molar-refractivity contribution < 1.29 is 4.74 Å². The molecular formula is C10H7BrClN3O. The Hall–Kier alpha value is -1.20. The number of ether oxygens (including phenoxy) is 1. The molecule has 2 aliphatic rings. The van der Waals surface area contributed by atoms with Gasteiger partial charge in [0, 0.05) is 10.7 Å². The van der Waals surface area contributed by atoms with Crippen LogP contribution in [0.15, 0.2) is 28.0 Å². The molecule has 0 bridgehead atoms. The van der Waals surface area contributed by atoms with E-state index in [-0.39, 0.29) is 0 Å². The number of nitrogens with one attached hydrogen (secondary N) is 2. The highest BCUT2D eigenvalue weighted by molar-refractivity contribution is 9.10. The fourth-order valence-electron chi connectivity index (χ4n) is 1.71. The minimum atomic E-state index is 0.499. The van der Waals surface area contributed by atoms with Gasteiger partial charge in [0.15, 0.2) is 0 Å². The molecule has 0 aromatic heterocycles. The Bertz CT molecular complexity index is 527. The van der Waals surface area contributed by atoms with Gasteiger partial charge in [0.05, 0.1) is 16.3 Å². The number of hydrogen-bond acceptors (Lipinski definition) is 4. The van der Waals surface area contributed by atoms with Gasteiger partial charge in [-0.2, -0.15) is 0 Å². The smallest absolute Gasteiger partial charge is 0.140 e. The summed E-state index contributed by atoms with van der Waals surface area (Å²) in [7, 11) is 0. The lowest BCUT2D eigenvalue weighted by Crippen LogP contribution is -2.25. The summed E-state index contributed by atoms with van der Waals surface area (Å²) < 4.78 is 6.28. The molecule has 0 aliphatic carbocycles.